The molecule has 0 amide bonds. The highest BCUT2D eigenvalue weighted by atomic mass is 35.5. The van der Waals surface area contributed by atoms with Crippen LogP contribution in [-0.2, 0) is 21.3 Å². The minimum absolute atomic E-state index is 0.189. The maximum Gasteiger partial charge on any atom is 0.240 e. The van der Waals surface area contributed by atoms with E-state index in [1.54, 1.807) is 6.07 Å². The molecule has 118 valence electrons. The van der Waals surface area contributed by atoms with Gasteiger partial charge >= 0.3 is 0 Å². The summed E-state index contributed by atoms with van der Waals surface area (Å²) in [4.78, 5) is 2.36. The SMILES string of the molecule is NCc1cc(S(=O)(=O)NCCN2CCOCC2)ccc1Cl. The molecule has 1 aromatic rings. The van der Waals surface area contributed by atoms with Crippen LogP contribution in [0.15, 0.2) is 23.1 Å². The van der Waals surface area contributed by atoms with E-state index in [4.69, 9.17) is 22.1 Å². The lowest BCUT2D eigenvalue weighted by Crippen LogP contribution is -2.41. The molecule has 3 N–H and O–H groups in total. The first-order chi connectivity index (χ1) is 10.0. The van der Waals surface area contributed by atoms with E-state index in [0.29, 0.717) is 36.9 Å². The van der Waals surface area contributed by atoms with E-state index in [-0.39, 0.29) is 11.4 Å². The van der Waals surface area contributed by atoms with Crippen molar-refractivity contribution in [3.05, 3.63) is 28.8 Å². The fourth-order valence-electron chi connectivity index (χ4n) is 2.12. The second-order valence-corrected chi connectivity index (χ2v) is 6.98. The number of benzene rings is 1. The molecule has 0 aromatic heterocycles. The Morgan fingerprint density at radius 3 is 2.71 bits per heavy atom. The van der Waals surface area contributed by atoms with Crippen LogP contribution in [0.4, 0.5) is 0 Å². The number of nitrogens with one attached hydrogen (secondary N) is 1. The summed E-state index contributed by atoms with van der Waals surface area (Å²) >= 11 is 5.94. The van der Waals surface area contributed by atoms with E-state index in [9.17, 15) is 8.42 Å². The molecule has 0 aliphatic carbocycles. The maximum atomic E-state index is 12.2. The number of nitrogens with zero attached hydrogens (tertiary/aromatic N) is 1. The van der Waals surface area contributed by atoms with Gasteiger partial charge in [0.25, 0.3) is 0 Å². The van der Waals surface area contributed by atoms with Gasteiger partial charge in [-0.05, 0) is 23.8 Å². The standard InChI is InChI=1S/C13H20ClN3O3S/c14-13-2-1-12(9-11(13)10-15)21(18,19)16-3-4-17-5-7-20-8-6-17/h1-2,9,16H,3-8,10,15H2. The van der Waals surface area contributed by atoms with Crippen molar-refractivity contribution in [1.29, 1.82) is 0 Å². The monoisotopic (exact) mass is 333 g/mol. The van der Waals surface area contributed by atoms with Gasteiger partial charge in [0.2, 0.25) is 10.0 Å². The first-order valence-corrected chi connectivity index (χ1v) is 8.67. The smallest absolute Gasteiger partial charge is 0.240 e. The summed E-state index contributed by atoms with van der Waals surface area (Å²) < 4.78 is 32.3. The number of halogens is 1. The largest absolute Gasteiger partial charge is 0.379 e. The second kappa shape index (κ2) is 7.53. The molecule has 1 aliphatic rings. The lowest BCUT2D eigenvalue weighted by molar-refractivity contribution is 0.0390. The van der Waals surface area contributed by atoms with Crippen LogP contribution in [0.5, 0.6) is 0 Å². The summed E-state index contributed by atoms with van der Waals surface area (Å²) in [5, 5.41) is 0.477. The molecule has 2 rings (SSSR count). The molecular weight excluding hydrogens is 314 g/mol. The molecule has 6 nitrogen and oxygen atoms in total. The van der Waals surface area contributed by atoms with Gasteiger partial charge in [0.15, 0.2) is 0 Å². The molecule has 0 saturated carbocycles. The Hall–Kier alpha value is -0.700. The van der Waals surface area contributed by atoms with Crippen molar-refractivity contribution < 1.29 is 13.2 Å². The molecule has 8 heteroatoms. The zero-order valence-electron chi connectivity index (χ0n) is 11.7. The normalized spacial score (nSPS) is 17.0. The highest BCUT2D eigenvalue weighted by Gasteiger charge is 2.16. The molecule has 1 aromatic carbocycles. The molecule has 0 spiro atoms. The predicted octanol–water partition coefficient (Wildman–Crippen LogP) is 0.409. The topological polar surface area (TPSA) is 84.7 Å². The van der Waals surface area contributed by atoms with Crippen molar-refractivity contribution in [2.45, 2.75) is 11.4 Å². The zero-order valence-corrected chi connectivity index (χ0v) is 13.3. The molecule has 0 atom stereocenters. The molecule has 1 fully saturated rings. The summed E-state index contributed by atoms with van der Waals surface area (Å²) in [6.45, 7) is 4.30. The fourth-order valence-corrected chi connectivity index (χ4v) is 3.39. The Morgan fingerprint density at radius 1 is 1.33 bits per heavy atom. The molecule has 0 bridgehead atoms. The molecular formula is C13H20ClN3O3S. The number of rotatable bonds is 6. The van der Waals surface area contributed by atoms with Gasteiger partial charge in [-0.1, -0.05) is 11.6 Å². The Balaban J connectivity index is 1.94. The summed E-state index contributed by atoms with van der Waals surface area (Å²) in [5.41, 5.74) is 6.16. The van der Waals surface area contributed by atoms with E-state index in [1.165, 1.54) is 12.1 Å². The minimum atomic E-state index is -3.53. The molecule has 0 unspecified atom stereocenters. The van der Waals surface area contributed by atoms with Gasteiger partial charge in [0, 0.05) is 37.7 Å². The first-order valence-electron chi connectivity index (χ1n) is 6.81. The average Bonchev–Trinajstić information content (AvgIpc) is 2.48. The average molecular weight is 334 g/mol. The van der Waals surface area contributed by atoms with Crippen LogP contribution < -0.4 is 10.5 Å². The van der Waals surface area contributed by atoms with E-state index < -0.39 is 10.0 Å². The van der Waals surface area contributed by atoms with Crippen LogP contribution in [0.2, 0.25) is 5.02 Å². The molecule has 1 saturated heterocycles. The van der Waals surface area contributed by atoms with Crippen LogP contribution >= 0.6 is 11.6 Å². The van der Waals surface area contributed by atoms with Crippen molar-refractivity contribution in [1.82, 2.24) is 9.62 Å². The van der Waals surface area contributed by atoms with Gasteiger partial charge in [0.1, 0.15) is 0 Å². The molecule has 1 aliphatic heterocycles. The Morgan fingerprint density at radius 2 is 2.05 bits per heavy atom. The molecule has 0 radical (unpaired) electrons. The van der Waals surface area contributed by atoms with Crippen LogP contribution in [0, 0.1) is 0 Å². The van der Waals surface area contributed by atoms with Gasteiger partial charge in [-0.3, -0.25) is 4.90 Å². The van der Waals surface area contributed by atoms with Crippen molar-refractivity contribution in [2.24, 2.45) is 5.73 Å². The van der Waals surface area contributed by atoms with Crippen LogP contribution in [0.3, 0.4) is 0 Å². The van der Waals surface area contributed by atoms with Gasteiger partial charge < -0.3 is 10.5 Å². The lowest BCUT2D eigenvalue weighted by atomic mass is 10.2. The van der Waals surface area contributed by atoms with E-state index in [1.807, 2.05) is 0 Å². The second-order valence-electron chi connectivity index (χ2n) is 4.81. The van der Waals surface area contributed by atoms with Crippen molar-refractivity contribution in [2.75, 3.05) is 39.4 Å². The Labute approximate surface area is 130 Å². The fraction of sp³-hybridized carbons (Fsp3) is 0.538. The van der Waals surface area contributed by atoms with E-state index >= 15 is 0 Å². The maximum absolute atomic E-state index is 12.2. The number of sulfonamides is 1. The quantitative estimate of drug-likeness (QED) is 0.787. The lowest BCUT2D eigenvalue weighted by Gasteiger charge is -2.26. The molecule has 1 heterocycles. The Kier molecular flexibility index (Phi) is 5.98. The number of morpholine rings is 1. The van der Waals surface area contributed by atoms with Crippen molar-refractivity contribution in [3.8, 4) is 0 Å². The van der Waals surface area contributed by atoms with Gasteiger partial charge in [-0.25, -0.2) is 13.1 Å². The van der Waals surface area contributed by atoms with Crippen LogP contribution in [0.25, 0.3) is 0 Å². The summed E-state index contributed by atoms with van der Waals surface area (Å²) in [6.07, 6.45) is 0. The first kappa shape index (κ1) is 16.7. The predicted molar refractivity (Wildman–Crippen MR) is 81.8 cm³/mol. The third-order valence-electron chi connectivity index (χ3n) is 3.37. The highest BCUT2D eigenvalue weighted by molar-refractivity contribution is 7.89. The van der Waals surface area contributed by atoms with Crippen molar-refractivity contribution in [3.63, 3.8) is 0 Å². The van der Waals surface area contributed by atoms with Crippen LogP contribution in [-0.4, -0.2) is 52.7 Å². The summed E-state index contributed by atoms with van der Waals surface area (Å²) in [6, 6.07) is 4.55. The summed E-state index contributed by atoms with van der Waals surface area (Å²) in [7, 11) is -3.53. The number of ether oxygens (including phenoxy) is 1. The number of hydrogen-bond donors (Lipinski definition) is 2. The highest BCUT2D eigenvalue weighted by Crippen LogP contribution is 2.19. The third kappa shape index (κ3) is 4.64. The third-order valence-corrected chi connectivity index (χ3v) is 5.20. The zero-order chi connectivity index (χ0) is 15.3. The molecule has 21 heavy (non-hydrogen) atoms. The Bertz CT molecular complexity index is 574. The van der Waals surface area contributed by atoms with Crippen LogP contribution in [0.1, 0.15) is 5.56 Å². The van der Waals surface area contributed by atoms with Gasteiger partial charge in [-0.15, -0.1) is 0 Å². The van der Waals surface area contributed by atoms with Gasteiger partial charge in [0.05, 0.1) is 18.1 Å². The van der Waals surface area contributed by atoms with E-state index in [0.717, 1.165) is 13.1 Å². The van der Waals surface area contributed by atoms with E-state index in [2.05, 4.69) is 9.62 Å². The number of hydrogen-bond acceptors (Lipinski definition) is 5. The van der Waals surface area contributed by atoms with Crippen molar-refractivity contribution >= 4 is 21.6 Å². The minimum Gasteiger partial charge on any atom is -0.379 e. The van der Waals surface area contributed by atoms with Gasteiger partial charge in [-0.2, -0.15) is 0 Å². The number of nitrogens with two attached hydrogens (primary N) is 1. The summed E-state index contributed by atoms with van der Waals surface area (Å²) in [5.74, 6) is 0.